The Labute approximate surface area is 113 Å². The first-order chi connectivity index (χ1) is 8.22. The van der Waals surface area contributed by atoms with Crippen LogP contribution in [0.1, 0.15) is 46.0 Å². The fourth-order valence-corrected chi connectivity index (χ4v) is 6.02. The van der Waals surface area contributed by atoms with Gasteiger partial charge in [0.1, 0.15) is 4.08 Å². The Morgan fingerprint density at radius 3 is 2.65 bits per heavy atom. The van der Waals surface area contributed by atoms with Crippen molar-refractivity contribution in [3.8, 4) is 0 Å². The number of thioether (sulfide) groups is 2. The maximum absolute atomic E-state index is 12.4. The van der Waals surface area contributed by atoms with Crippen molar-refractivity contribution in [2.75, 3.05) is 11.5 Å². The summed E-state index contributed by atoms with van der Waals surface area (Å²) >= 11 is 3.71. The van der Waals surface area contributed by atoms with E-state index in [2.05, 4.69) is 13.8 Å². The van der Waals surface area contributed by atoms with Crippen LogP contribution in [-0.4, -0.2) is 21.4 Å². The predicted octanol–water partition coefficient (Wildman–Crippen LogP) is 4.28. The van der Waals surface area contributed by atoms with Crippen LogP contribution < -0.4 is 0 Å². The van der Waals surface area contributed by atoms with E-state index in [0.717, 1.165) is 17.9 Å². The minimum atomic E-state index is -0.158. The zero-order chi connectivity index (χ0) is 12.3. The van der Waals surface area contributed by atoms with E-state index in [-0.39, 0.29) is 4.08 Å². The number of fused-ring (bicyclic) bond motifs is 1. The summed E-state index contributed by atoms with van der Waals surface area (Å²) in [4.78, 5) is 12.4. The van der Waals surface area contributed by atoms with E-state index >= 15 is 0 Å². The van der Waals surface area contributed by atoms with Crippen molar-refractivity contribution in [1.82, 2.24) is 0 Å². The molecule has 0 bridgehead atoms. The van der Waals surface area contributed by atoms with Crippen LogP contribution in [0, 0.1) is 5.92 Å². The molecule has 96 valence electrons. The van der Waals surface area contributed by atoms with E-state index in [0.29, 0.717) is 11.7 Å². The Hall–Kier alpha value is 0.110. The first kappa shape index (κ1) is 13.5. The van der Waals surface area contributed by atoms with Gasteiger partial charge in [-0.05, 0) is 49.2 Å². The maximum atomic E-state index is 12.4. The van der Waals surface area contributed by atoms with E-state index in [9.17, 15) is 4.79 Å². The van der Waals surface area contributed by atoms with Crippen LogP contribution in [0.2, 0.25) is 0 Å². The highest BCUT2D eigenvalue weighted by Crippen LogP contribution is 2.50. The van der Waals surface area contributed by atoms with E-state index in [4.69, 9.17) is 0 Å². The molecule has 0 aromatic heterocycles. The van der Waals surface area contributed by atoms with Gasteiger partial charge in [0.25, 0.3) is 0 Å². The minimum absolute atomic E-state index is 0.158. The second-order valence-corrected chi connectivity index (χ2v) is 8.23. The molecule has 0 radical (unpaired) electrons. The number of carbonyl (C=O) groups is 1. The smallest absolute Gasteiger partial charge is 0.181 e. The van der Waals surface area contributed by atoms with Gasteiger partial charge >= 0.3 is 0 Å². The lowest BCUT2D eigenvalue weighted by Gasteiger charge is -2.40. The zero-order valence-corrected chi connectivity index (χ0v) is 12.5. The zero-order valence-electron chi connectivity index (χ0n) is 10.8. The first-order valence-electron chi connectivity index (χ1n) is 6.74. The Morgan fingerprint density at radius 1 is 1.29 bits per heavy atom. The Kier molecular flexibility index (Phi) is 4.65. The Bertz CT molecular complexity index is 316. The van der Waals surface area contributed by atoms with Crippen molar-refractivity contribution in [3.05, 3.63) is 11.6 Å². The molecule has 2 rings (SSSR count). The molecule has 0 aromatic rings. The molecular formula is C14H22OS2. The molecule has 3 heteroatoms. The van der Waals surface area contributed by atoms with Crippen molar-refractivity contribution in [1.29, 1.82) is 0 Å². The van der Waals surface area contributed by atoms with Gasteiger partial charge in [-0.2, -0.15) is 0 Å². The van der Waals surface area contributed by atoms with Crippen LogP contribution >= 0.6 is 23.5 Å². The van der Waals surface area contributed by atoms with E-state index < -0.39 is 0 Å². The average molecular weight is 270 g/mol. The van der Waals surface area contributed by atoms with Gasteiger partial charge < -0.3 is 0 Å². The van der Waals surface area contributed by atoms with Gasteiger partial charge in [-0.1, -0.05) is 25.8 Å². The summed E-state index contributed by atoms with van der Waals surface area (Å²) in [7, 11) is 0. The summed E-state index contributed by atoms with van der Waals surface area (Å²) < 4.78 is -0.158. The number of rotatable bonds is 4. The molecule has 0 N–H and O–H groups in total. The highest BCUT2D eigenvalue weighted by molar-refractivity contribution is 8.19. The molecule has 0 aliphatic heterocycles. The molecule has 1 saturated carbocycles. The average Bonchev–Trinajstić information content (AvgIpc) is 2.31. The van der Waals surface area contributed by atoms with Crippen molar-refractivity contribution in [3.63, 3.8) is 0 Å². The largest absolute Gasteiger partial charge is 0.292 e. The lowest BCUT2D eigenvalue weighted by atomic mass is 9.77. The van der Waals surface area contributed by atoms with Crippen molar-refractivity contribution in [2.45, 2.75) is 50.0 Å². The highest BCUT2D eigenvalue weighted by atomic mass is 32.2. The summed E-state index contributed by atoms with van der Waals surface area (Å²) in [5, 5.41) is 0. The third kappa shape index (κ3) is 2.76. The number of allylic oxidation sites excluding steroid dienone is 2. The second kappa shape index (κ2) is 5.83. The third-order valence-corrected chi connectivity index (χ3v) is 6.71. The molecule has 0 saturated heterocycles. The molecular weight excluding hydrogens is 248 g/mol. The summed E-state index contributed by atoms with van der Waals surface area (Å²) in [6.45, 7) is 4.33. The fraction of sp³-hybridized carbons (Fsp3) is 0.786. The van der Waals surface area contributed by atoms with E-state index in [1.807, 2.05) is 29.6 Å². The van der Waals surface area contributed by atoms with Gasteiger partial charge in [0.05, 0.1) is 0 Å². The summed E-state index contributed by atoms with van der Waals surface area (Å²) in [6, 6.07) is 0. The van der Waals surface area contributed by atoms with Gasteiger partial charge in [-0.15, -0.1) is 23.5 Å². The SMILES string of the molecule is CCSC1(SCC)CC2CCCCC2=CC1=O. The standard InChI is InChI=1S/C14H22OS2/c1-3-16-14(17-4-2)10-12-8-6-5-7-11(12)9-13(14)15/h9,12H,3-8,10H2,1-2H3. The third-order valence-electron chi connectivity index (χ3n) is 3.75. The summed E-state index contributed by atoms with van der Waals surface area (Å²) in [6.07, 6.45) is 8.17. The number of carbonyl (C=O) groups excluding carboxylic acids is 1. The second-order valence-electron chi connectivity index (χ2n) is 4.85. The Balaban J connectivity index is 2.23. The van der Waals surface area contributed by atoms with E-state index in [1.165, 1.54) is 31.3 Å². The molecule has 0 spiro atoms. The molecule has 2 aliphatic carbocycles. The van der Waals surface area contributed by atoms with Gasteiger partial charge in [0, 0.05) is 0 Å². The lowest BCUT2D eigenvalue weighted by Crippen LogP contribution is -2.38. The molecule has 2 aliphatic rings. The molecule has 1 unspecified atom stereocenters. The van der Waals surface area contributed by atoms with Crippen LogP contribution in [0.3, 0.4) is 0 Å². The molecule has 1 nitrogen and oxygen atoms in total. The van der Waals surface area contributed by atoms with Gasteiger partial charge in [-0.25, -0.2) is 0 Å². The Morgan fingerprint density at radius 2 is 2.00 bits per heavy atom. The fourth-order valence-electron chi connectivity index (χ4n) is 3.00. The van der Waals surface area contributed by atoms with Gasteiger partial charge in [0.15, 0.2) is 5.78 Å². The normalized spacial score (nSPS) is 27.5. The maximum Gasteiger partial charge on any atom is 0.181 e. The number of hydrogen-bond donors (Lipinski definition) is 0. The van der Waals surface area contributed by atoms with Crippen LogP contribution in [0.5, 0.6) is 0 Å². The quantitative estimate of drug-likeness (QED) is 0.710. The molecule has 0 aromatic carbocycles. The van der Waals surface area contributed by atoms with Crippen LogP contribution in [0.15, 0.2) is 11.6 Å². The van der Waals surface area contributed by atoms with Crippen LogP contribution in [0.4, 0.5) is 0 Å². The first-order valence-corrected chi connectivity index (χ1v) is 8.71. The lowest BCUT2D eigenvalue weighted by molar-refractivity contribution is -0.115. The summed E-state index contributed by atoms with van der Waals surface area (Å²) in [5.74, 6) is 3.15. The highest BCUT2D eigenvalue weighted by Gasteiger charge is 2.43. The van der Waals surface area contributed by atoms with Crippen molar-refractivity contribution >= 4 is 29.3 Å². The number of hydrogen-bond acceptors (Lipinski definition) is 3. The molecule has 0 heterocycles. The van der Waals surface area contributed by atoms with Crippen LogP contribution in [-0.2, 0) is 4.79 Å². The van der Waals surface area contributed by atoms with Crippen LogP contribution in [0.25, 0.3) is 0 Å². The number of ketones is 1. The molecule has 0 amide bonds. The monoisotopic (exact) mass is 270 g/mol. The van der Waals surface area contributed by atoms with Gasteiger partial charge in [0.2, 0.25) is 0 Å². The van der Waals surface area contributed by atoms with Gasteiger partial charge in [-0.3, -0.25) is 4.79 Å². The van der Waals surface area contributed by atoms with Crippen molar-refractivity contribution in [2.24, 2.45) is 5.92 Å². The predicted molar refractivity (Wildman–Crippen MR) is 78.7 cm³/mol. The molecule has 1 atom stereocenters. The summed E-state index contributed by atoms with van der Waals surface area (Å²) in [5.41, 5.74) is 1.45. The molecule has 17 heavy (non-hydrogen) atoms. The van der Waals surface area contributed by atoms with Crippen molar-refractivity contribution < 1.29 is 4.79 Å². The topological polar surface area (TPSA) is 17.1 Å². The van der Waals surface area contributed by atoms with E-state index in [1.54, 1.807) is 0 Å². The minimum Gasteiger partial charge on any atom is -0.292 e. The molecule has 1 fully saturated rings.